The molecule has 13 heavy (non-hydrogen) atoms. The van der Waals surface area contributed by atoms with Crippen LogP contribution in [-0.2, 0) is 0 Å². The number of hydrogen-bond acceptors (Lipinski definition) is 3. The van der Waals surface area contributed by atoms with Gasteiger partial charge in [0, 0.05) is 0 Å². The van der Waals surface area contributed by atoms with Crippen LogP contribution in [0.2, 0.25) is 15.1 Å². The average Bonchev–Trinajstić information content (AvgIpc) is 2.44. The van der Waals surface area contributed by atoms with Crippen LogP contribution in [0.1, 0.15) is 0 Å². The third kappa shape index (κ3) is 1.46. The second-order valence-electron chi connectivity index (χ2n) is 2.38. The van der Waals surface area contributed by atoms with Crippen LogP contribution in [0, 0.1) is 0 Å². The molecule has 0 saturated carbocycles. The first-order valence-electron chi connectivity index (χ1n) is 3.29. The van der Waals surface area contributed by atoms with E-state index in [0.717, 1.165) is 4.70 Å². The molecule has 2 aromatic rings. The van der Waals surface area contributed by atoms with Crippen LogP contribution in [0.4, 0.5) is 5.13 Å². The third-order valence-electron chi connectivity index (χ3n) is 1.53. The minimum absolute atomic E-state index is 0.393. The first-order valence-corrected chi connectivity index (χ1v) is 5.24. The fourth-order valence-corrected chi connectivity index (χ4v) is 2.56. The number of nitrogen functional groups attached to an aromatic ring is 1. The SMILES string of the molecule is Nc1nc2c(Cl)c(Cl)cc(Cl)c2s1. The molecule has 2 nitrogen and oxygen atoms in total. The minimum Gasteiger partial charge on any atom is -0.375 e. The molecule has 0 fully saturated rings. The predicted molar refractivity (Wildman–Crippen MR) is 59.1 cm³/mol. The monoisotopic (exact) mass is 252 g/mol. The molecule has 0 aliphatic rings. The van der Waals surface area contributed by atoms with E-state index in [1.807, 2.05) is 0 Å². The van der Waals surface area contributed by atoms with Crippen LogP contribution in [0.3, 0.4) is 0 Å². The molecule has 0 atom stereocenters. The van der Waals surface area contributed by atoms with Gasteiger partial charge in [0.15, 0.2) is 5.13 Å². The largest absolute Gasteiger partial charge is 0.375 e. The number of nitrogens with zero attached hydrogens (tertiary/aromatic N) is 1. The summed E-state index contributed by atoms with van der Waals surface area (Å²) in [5, 5.41) is 1.75. The Morgan fingerprint density at radius 3 is 2.62 bits per heavy atom. The summed E-state index contributed by atoms with van der Waals surface area (Å²) < 4.78 is 0.772. The maximum Gasteiger partial charge on any atom is 0.181 e. The lowest BCUT2D eigenvalue weighted by molar-refractivity contribution is 1.50. The van der Waals surface area contributed by atoms with E-state index in [0.29, 0.717) is 25.7 Å². The van der Waals surface area contributed by atoms with Crippen LogP contribution in [0.25, 0.3) is 10.2 Å². The number of thiazole rings is 1. The van der Waals surface area contributed by atoms with Crippen LogP contribution in [-0.4, -0.2) is 4.98 Å². The molecular weight excluding hydrogens is 251 g/mol. The second kappa shape index (κ2) is 3.17. The number of fused-ring (bicyclic) bond motifs is 1. The Hall–Kier alpha value is -0.220. The van der Waals surface area contributed by atoms with Gasteiger partial charge in [-0.1, -0.05) is 46.1 Å². The lowest BCUT2D eigenvalue weighted by atomic mass is 10.3. The highest BCUT2D eigenvalue weighted by molar-refractivity contribution is 7.22. The smallest absolute Gasteiger partial charge is 0.181 e. The van der Waals surface area contributed by atoms with Gasteiger partial charge in [-0.15, -0.1) is 0 Å². The van der Waals surface area contributed by atoms with Gasteiger partial charge in [-0.25, -0.2) is 4.98 Å². The molecule has 1 aromatic heterocycles. The molecule has 0 amide bonds. The summed E-state index contributed by atoms with van der Waals surface area (Å²) in [5.41, 5.74) is 6.10. The summed E-state index contributed by atoms with van der Waals surface area (Å²) in [6, 6.07) is 1.59. The highest BCUT2D eigenvalue weighted by Gasteiger charge is 2.12. The molecule has 0 spiro atoms. The summed E-state index contributed by atoms with van der Waals surface area (Å²) in [4.78, 5) is 4.03. The van der Waals surface area contributed by atoms with Gasteiger partial charge >= 0.3 is 0 Å². The molecule has 0 bridgehead atoms. The summed E-state index contributed by atoms with van der Waals surface area (Å²) in [6.45, 7) is 0. The standard InChI is InChI=1S/C7H3Cl3N2S/c8-2-1-3(9)6-5(4(2)10)12-7(11)13-6/h1H,(H2,11,12). The fraction of sp³-hybridized carbons (Fsp3) is 0. The molecule has 0 saturated heterocycles. The Balaban J connectivity index is 2.95. The summed E-state index contributed by atoms with van der Waals surface area (Å²) in [5.74, 6) is 0. The Kier molecular flexibility index (Phi) is 2.28. The number of aromatic nitrogens is 1. The molecule has 0 radical (unpaired) electrons. The van der Waals surface area contributed by atoms with Crippen molar-refractivity contribution in [3.05, 3.63) is 21.1 Å². The van der Waals surface area contributed by atoms with E-state index in [4.69, 9.17) is 40.5 Å². The fourth-order valence-electron chi connectivity index (χ4n) is 1.00. The van der Waals surface area contributed by atoms with Crippen molar-refractivity contribution >= 4 is 61.5 Å². The zero-order valence-corrected chi connectivity index (χ0v) is 9.23. The quantitative estimate of drug-likeness (QED) is 0.725. The highest BCUT2D eigenvalue weighted by atomic mass is 35.5. The number of anilines is 1. The third-order valence-corrected chi connectivity index (χ3v) is 3.64. The zero-order chi connectivity index (χ0) is 9.59. The van der Waals surface area contributed by atoms with E-state index >= 15 is 0 Å². The summed E-state index contributed by atoms with van der Waals surface area (Å²) in [7, 11) is 0. The molecule has 1 aromatic carbocycles. The van der Waals surface area contributed by atoms with Gasteiger partial charge in [-0.05, 0) is 6.07 Å². The molecule has 6 heteroatoms. The molecule has 2 N–H and O–H groups in total. The summed E-state index contributed by atoms with van der Waals surface area (Å²) >= 11 is 18.9. The van der Waals surface area contributed by atoms with Crippen molar-refractivity contribution in [2.75, 3.05) is 5.73 Å². The number of rotatable bonds is 0. The van der Waals surface area contributed by atoms with Crippen molar-refractivity contribution in [3.63, 3.8) is 0 Å². The van der Waals surface area contributed by atoms with Crippen LogP contribution < -0.4 is 5.73 Å². The number of nitrogens with two attached hydrogens (primary N) is 1. The van der Waals surface area contributed by atoms with Crippen LogP contribution >= 0.6 is 46.1 Å². The lowest BCUT2D eigenvalue weighted by Crippen LogP contribution is -1.80. The molecule has 68 valence electrons. The normalized spacial score (nSPS) is 11.0. The predicted octanol–water partition coefficient (Wildman–Crippen LogP) is 3.84. The van der Waals surface area contributed by atoms with Gasteiger partial charge in [0.05, 0.1) is 19.8 Å². The Morgan fingerprint density at radius 2 is 1.92 bits per heavy atom. The van der Waals surface area contributed by atoms with Crippen LogP contribution in [0.15, 0.2) is 6.07 Å². The lowest BCUT2D eigenvalue weighted by Gasteiger charge is -1.97. The Morgan fingerprint density at radius 1 is 1.23 bits per heavy atom. The molecule has 2 rings (SSSR count). The zero-order valence-electron chi connectivity index (χ0n) is 6.14. The Bertz CT molecular complexity index is 480. The van der Waals surface area contributed by atoms with Gasteiger partial charge in [-0.3, -0.25) is 0 Å². The van der Waals surface area contributed by atoms with Gasteiger partial charge < -0.3 is 5.73 Å². The first kappa shape index (κ1) is 9.34. The van der Waals surface area contributed by atoms with Crippen LogP contribution in [0.5, 0.6) is 0 Å². The van der Waals surface area contributed by atoms with E-state index in [1.165, 1.54) is 11.3 Å². The van der Waals surface area contributed by atoms with Crippen molar-refractivity contribution < 1.29 is 0 Å². The highest BCUT2D eigenvalue weighted by Crippen LogP contribution is 2.39. The van der Waals surface area contributed by atoms with Gasteiger partial charge in [0.25, 0.3) is 0 Å². The van der Waals surface area contributed by atoms with Crippen molar-refractivity contribution in [2.45, 2.75) is 0 Å². The molecular formula is C7H3Cl3N2S. The van der Waals surface area contributed by atoms with Gasteiger partial charge in [-0.2, -0.15) is 0 Å². The van der Waals surface area contributed by atoms with Gasteiger partial charge in [0.2, 0.25) is 0 Å². The topological polar surface area (TPSA) is 38.9 Å². The summed E-state index contributed by atoms with van der Waals surface area (Å²) in [6.07, 6.45) is 0. The van der Waals surface area contributed by atoms with Crippen molar-refractivity contribution in [3.8, 4) is 0 Å². The first-order chi connectivity index (χ1) is 6.09. The number of hydrogen-bond donors (Lipinski definition) is 1. The maximum absolute atomic E-state index is 5.92. The average molecular weight is 254 g/mol. The van der Waals surface area contributed by atoms with E-state index in [2.05, 4.69) is 4.98 Å². The molecule has 0 unspecified atom stereocenters. The molecule has 0 aliphatic heterocycles. The number of halogens is 3. The van der Waals surface area contributed by atoms with E-state index in [-0.39, 0.29) is 0 Å². The van der Waals surface area contributed by atoms with E-state index in [1.54, 1.807) is 6.07 Å². The van der Waals surface area contributed by atoms with Crippen molar-refractivity contribution in [1.29, 1.82) is 0 Å². The number of benzene rings is 1. The Labute approximate surface area is 93.2 Å². The van der Waals surface area contributed by atoms with Crippen molar-refractivity contribution in [1.82, 2.24) is 4.98 Å². The van der Waals surface area contributed by atoms with E-state index in [9.17, 15) is 0 Å². The van der Waals surface area contributed by atoms with Gasteiger partial charge in [0.1, 0.15) is 5.52 Å². The molecule has 0 aliphatic carbocycles. The maximum atomic E-state index is 5.92. The molecule has 1 heterocycles. The minimum atomic E-state index is 0.393. The van der Waals surface area contributed by atoms with Crippen molar-refractivity contribution in [2.24, 2.45) is 0 Å². The van der Waals surface area contributed by atoms with E-state index < -0.39 is 0 Å². The second-order valence-corrected chi connectivity index (χ2v) is 4.61.